The Morgan fingerprint density at radius 2 is 1.60 bits per heavy atom. The topological polar surface area (TPSA) is 26.3 Å². The van der Waals surface area contributed by atoms with Crippen molar-refractivity contribution < 1.29 is 9.09 Å². The molecule has 2 aromatic carbocycles. The van der Waals surface area contributed by atoms with Gasteiger partial charge in [-0.05, 0) is 17.7 Å². The lowest BCUT2D eigenvalue weighted by atomic mass is 10.2. The number of hydrogen-bond donors (Lipinski definition) is 0. The molecular weight excluding hydrogens is 267 g/mol. The van der Waals surface area contributed by atoms with Crippen molar-refractivity contribution in [1.82, 2.24) is 0 Å². The molecule has 1 atom stereocenters. The Balaban J connectivity index is 2.25. The molecule has 20 heavy (non-hydrogen) atoms. The van der Waals surface area contributed by atoms with E-state index in [1.807, 2.05) is 60.7 Å². The van der Waals surface area contributed by atoms with Gasteiger partial charge < -0.3 is 4.52 Å². The Morgan fingerprint density at radius 3 is 2.20 bits per heavy atom. The molecule has 0 fully saturated rings. The fourth-order valence-electron chi connectivity index (χ4n) is 1.94. The number of rotatable bonds is 6. The highest BCUT2D eigenvalue weighted by molar-refractivity contribution is 7.66. The van der Waals surface area contributed by atoms with Crippen LogP contribution in [0.25, 0.3) is 0 Å². The van der Waals surface area contributed by atoms with Gasteiger partial charge in [0.15, 0.2) is 0 Å². The van der Waals surface area contributed by atoms with Crippen LogP contribution in [-0.2, 0) is 15.3 Å². The molecule has 0 saturated heterocycles. The Morgan fingerprint density at radius 1 is 1.00 bits per heavy atom. The fraction of sp³-hybridized carbons (Fsp3) is 0.176. The van der Waals surface area contributed by atoms with Crippen molar-refractivity contribution in [2.45, 2.75) is 12.6 Å². The van der Waals surface area contributed by atoms with Crippen LogP contribution in [0, 0.1) is 12.3 Å². The second kappa shape index (κ2) is 7.10. The summed E-state index contributed by atoms with van der Waals surface area (Å²) in [5, 5.41) is 0.737. The monoisotopic (exact) mass is 284 g/mol. The lowest BCUT2D eigenvalue weighted by Gasteiger charge is -2.18. The fourth-order valence-corrected chi connectivity index (χ4v) is 4.07. The first-order valence-corrected chi connectivity index (χ1v) is 8.32. The summed E-state index contributed by atoms with van der Waals surface area (Å²) in [5.41, 5.74) is 1.00. The Kier molecular flexibility index (Phi) is 5.18. The van der Waals surface area contributed by atoms with Crippen LogP contribution in [-0.4, -0.2) is 6.61 Å². The molecule has 102 valence electrons. The first-order chi connectivity index (χ1) is 9.74. The van der Waals surface area contributed by atoms with E-state index in [2.05, 4.69) is 5.92 Å². The molecule has 0 aromatic heterocycles. The van der Waals surface area contributed by atoms with Crippen LogP contribution in [0.4, 0.5) is 0 Å². The summed E-state index contributed by atoms with van der Waals surface area (Å²) >= 11 is 0. The van der Waals surface area contributed by atoms with Gasteiger partial charge in [-0.3, -0.25) is 4.57 Å². The van der Waals surface area contributed by atoms with Gasteiger partial charge in [-0.25, -0.2) is 0 Å². The maximum absolute atomic E-state index is 13.2. The molecule has 2 rings (SSSR count). The Bertz CT molecular complexity index is 614. The van der Waals surface area contributed by atoms with E-state index in [1.165, 1.54) is 0 Å². The molecule has 2 nitrogen and oxygen atoms in total. The zero-order chi connectivity index (χ0) is 14.3. The van der Waals surface area contributed by atoms with E-state index >= 15 is 0 Å². The van der Waals surface area contributed by atoms with E-state index in [4.69, 9.17) is 10.9 Å². The van der Waals surface area contributed by atoms with Crippen LogP contribution in [0.1, 0.15) is 12.0 Å². The highest BCUT2D eigenvalue weighted by Gasteiger charge is 2.25. The third-order valence-corrected chi connectivity index (χ3v) is 5.40. The summed E-state index contributed by atoms with van der Waals surface area (Å²) in [6.07, 6.45) is 6.08. The molecule has 0 spiro atoms. The summed E-state index contributed by atoms with van der Waals surface area (Å²) in [7, 11) is -2.92. The first-order valence-electron chi connectivity index (χ1n) is 6.51. The lowest BCUT2D eigenvalue weighted by Crippen LogP contribution is -2.10. The molecule has 1 unspecified atom stereocenters. The molecule has 0 bridgehead atoms. The molecule has 0 aliphatic rings. The summed E-state index contributed by atoms with van der Waals surface area (Å²) in [5.74, 6) is 2.51. The molecule has 0 radical (unpaired) electrons. The van der Waals surface area contributed by atoms with E-state index in [0.29, 0.717) is 19.2 Å². The maximum atomic E-state index is 13.2. The predicted octanol–water partition coefficient (Wildman–Crippen LogP) is 3.83. The van der Waals surface area contributed by atoms with Crippen LogP contribution in [0.2, 0.25) is 0 Å². The third-order valence-electron chi connectivity index (χ3n) is 2.93. The largest absolute Gasteiger partial charge is 0.324 e. The average Bonchev–Trinajstić information content (AvgIpc) is 2.49. The molecule has 0 amide bonds. The van der Waals surface area contributed by atoms with Gasteiger partial charge in [-0.2, -0.15) is 0 Å². The van der Waals surface area contributed by atoms with Gasteiger partial charge in [-0.1, -0.05) is 48.5 Å². The molecule has 0 heterocycles. The molecule has 0 aliphatic carbocycles. The van der Waals surface area contributed by atoms with E-state index in [-0.39, 0.29) is 0 Å². The Labute approximate surface area is 120 Å². The van der Waals surface area contributed by atoms with Crippen molar-refractivity contribution in [2.24, 2.45) is 0 Å². The minimum atomic E-state index is -2.92. The van der Waals surface area contributed by atoms with Crippen molar-refractivity contribution in [2.75, 3.05) is 6.61 Å². The minimum Gasteiger partial charge on any atom is -0.324 e. The second-order valence-electron chi connectivity index (χ2n) is 4.44. The van der Waals surface area contributed by atoms with Crippen LogP contribution >= 0.6 is 7.37 Å². The van der Waals surface area contributed by atoms with Gasteiger partial charge >= 0.3 is 0 Å². The van der Waals surface area contributed by atoms with Crippen LogP contribution in [0.5, 0.6) is 0 Å². The highest BCUT2D eigenvalue weighted by Crippen LogP contribution is 2.49. The highest BCUT2D eigenvalue weighted by atomic mass is 31.2. The first kappa shape index (κ1) is 14.6. The average molecular weight is 284 g/mol. The van der Waals surface area contributed by atoms with Gasteiger partial charge in [0.2, 0.25) is 7.37 Å². The van der Waals surface area contributed by atoms with E-state index in [1.54, 1.807) is 0 Å². The predicted molar refractivity (Wildman–Crippen MR) is 83.2 cm³/mol. The Hall–Kier alpha value is -1.81. The summed E-state index contributed by atoms with van der Waals surface area (Å²) in [6.45, 7) is 0.315. The molecule has 0 N–H and O–H groups in total. The van der Waals surface area contributed by atoms with Crippen LogP contribution in [0.3, 0.4) is 0 Å². The normalized spacial score (nSPS) is 13.3. The zero-order valence-corrected chi connectivity index (χ0v) is 12.1. The van der Waals surface area contributed by atoms with Crippen LogP contribution in [0.15, 0.2) is 60.7 Å². The molecular formula is C17H17O2P. The van der Waals surface area contributed by atoms with E-state index in [9.17, 15) is 4.57 Å². The lowest BCUT2D eigenvalue weighted by molar-refractivity contribution is 0.328. The van der Waals surface area contributed by atoms with Crippen molar-refractivity contribution in [3.8, 4) is 12.3 Å². The number of hydrogen-bond acceptors (Lipinski definition) is 2. The smallest absolute Gasteiger partial charge is 0.236 e. The van der Waals surface area contributed by atoms with E-state index in [0.717, 1.165) is 10.9 Å². The zero-order valence-electron chi connectivity index (χ0n) is 11.2. The van der Waals surface area contributed by atoms with Gasteiger partial charge in [0, 0.05) is 11.7 Å². The third kappa shape index (κ3) is 3.84. The summed E-state index contributed by atoms with van der Waals surface area (Å²) < 4.78 is 18.8. The van der Waals surface area contributed by atoms with Crippen molar-refractivity contribution >= 4 is 12.7 Å². The van der Waals surface area contributed by atoms with Gasteiger partial charge in [-0.15, -0.1) is 12.3 Å². The quantitative estimate of drug-likeness (QED) is 0.458. The molecule has 2 aromatic rings. The second-order valence-corrected chi connectivity index (χ2v) is 6.88. The molecule has 3 heteroatoms. The maximum Gasteiger partial charge on any atom is 0.236 e. The molecule has 0 aliphatic heterocycles. The summed E-state index contributed by atoms with van der Waals surface area (Å²) in [4.78, 5) is 0. The van der Waals surface area contributed by atoms with Gasteiger partial charge in [0.1, 0.15) is 0 Å². The number of benzene rings is 2. The van der Waals surface area contributed by atoms with Crippen molar-refractivity contribution in [1.29, 1.82) is 0 Å². The summed E-state index contributed by atoms with van der Waals surface area (Å²) in [6, 6.07) is 19.1. The van der Waals surface area contributed by atoms with Crippen LogP contribution < -0.4 is 5.30 Å². The molecule has 0 saturated carbocycles. The minimum absolute atomic E-state index is 0.315. The van der Waals surface area contributed by atoms with Gasteiger partial charge in [0.25, 0.3) is 0 Å². The number of terminal acetylenes is 1. The van der Waals surface area contributed by atoms with E-state index < -0.39 is 7.37 Å². The van der Waals surface area contributed by atoms with Gasteiger partial charge in [0.05, 0.1) is 12.8 Å². The SMILES string of the molecule is C#CCCOP(=O)(Cc1ccccc1)c1ccccc1. The standard InChI is InChI=1S/C17H17O2P/c1-2-3-14-19-20(18,17-12-8-5-9-13-17)15-16-10-6-4-7-11-16/h1,4-13H,3,14-15H2. The van der Waals surface area contributed by atoms with Crippen molar-refractivity contribution in [3.63, 3.8) is 0 Å². The van der Waals surface area contributed by atoms with Crippen molar-refractivity contribution in [3.05, 3.63) is 66.2 Å².